The Morgan fingerprint density at radius 1 is 0.833 bits per heavy atom. The molecule has 5 rings (SSSR count). The van der Waals surface area contributed by atoms with Crippen LogP contribution in [0.25, 0.3) is 0 Å². The number of hydrogen-bond acceptors (Lipinski definition) is 3. The van der Waals surface area contributed by atoms with E-state index in [1.165, 1.54) is 32.1 Å². The molecule has 3 N–H and O–H groups in total. The van der Waals surface area contributed by atoms with Gasteiger partial charge in [-0.05, 0) is 98.2 Å². The summed E-state index contributed by atoms with van der Waals surface area (Å²) in [5.74, 6) is 0.342. The van der Waals surface area contributed by atoms with Crippen molar-refractivity contribution in [2.75, 3.05) is 11.9 Å². The predicted octanol–water partition coefficient (Wildman–Crippen LogP) is 8.25. The van der Waals surface area contributed by atoms with Crippen molar-refractivity contribution in [1.29, 1.82) is 0 Å². The molecule has 0 radical (unpaired) electrons. The third-order valence-electron chi connectivity index (χ3n) is 9.45. The average molecular weight is 615 g/mol. The SMILES string of the molecule is O=C(O)CCNC(=O)c1ccc2c(c1)CCCC2N(C(=O)Nc1cc(Cl)cc(Cl)c1)C1CCC(C2CCCCC2)CC1. The maximum absolute atomic E-state index is 14.1. The molecule has 1 atom stereocenters. The second-order valence-corrected chi connectivity index (χ2v) is 13.1. The van der Waals surface area contributed by atoms with Crippen LogP contribution in [0.1, 0.15) is 105 Å². The molecule has 3 aliphatic rings. The summed E-state index contributed by atoms with van der Waals surface area (Å²) in [6.45, 7) is 0.0822. The summed E-state index contributed by atoms with van der Waals surface area (Å²) >= 11 is 12.5. The first-order chi connectivity index (χ1) is 20.3. The van der Waals surface area contributed by atoms with E-state index in [0.29, 0.717) is 21.3 Å². The summed E-state index contributed by atoms with van der Waals surface area (Å²) in [6, 6.07) is 10.6. The average Bonchev–Trinajstić information content (AvgIpc) is 2.97. The van der Waals surface area contributed by atoms with Crippen molar-refractivity contribution in [2.45, 2.75) is 95.6 Å². The van der Waals surface area contributed by atoms with Gasteiger partial charge < -0.3 is 20.6 Å². The zero-order valence-electron chi connectivity index (χ0n) is 24.0. The molecule has 7 nitrogen and oxygen atoms in total. The molecule has 0 aromatic heterocycles. The topological polar surface area (TPSA) is 98.7 Å². The van der Waals surface area contributed by atoms with E-state index in [-0.39, 0.29) is 37.0 Å². The van der Waals surface area contributed by atoms with Crippen LogP contribution in [0.3, 0.4) is 0 Å². The summed E-state index contributed by atoms with van der Waals surface area (Å²) in [5, 5.41) is 15.6. The van der Waals surface area contributed by atoms with Gasteiger partial charge in [0.15, 0.2) is 0 Å². The maximum atomic E-state index is 14.1. The number of fused-ring (bicyclic) bond motifs is 1. The fraction of sp³-hybridized carbons (Fsp3) is 0.545. The molecule has 2 saturated carbocycles. The second kappa shape index (κ2) is 14.1. The normalized spacial score (nSPS) is 22.6. The van der Waals surface area contributed by atoms with E-state index in [9.17, 15) is 14.4 Å². The van der Waals surface area contributed by atoms with Gasteiger partial charge in [-0.3, -0.25) is 9.59 Å². The molecular weight excluding hydrogens is 573 g/mol. The highest BCUT2D eigenvalue weighted by Crippen LogP contribution is 2.43. The fourth-order valence-electron chi connectivity index (χ4n) is 7.44. The number of hydrogen-bond donors (Lipinski definition) is 3. The first kappa shape index (κ1) is 30.7. The Balaban J connectivity index is 1.37. The van der Waals surface area contributed by atoms with Gasteiger partial charge in [-0.1, -0.05) is 61.4 Å². The summed E-state index contributed by atoms with van der Waals surface area (Å²) in [4.78, 5) is 39.7. The lowest BCUT2D eigenvalue weighted by atomic mass is 9.72. The molecule has 9 heteroatoms. The van der Waals surface area contributed by atoms with E-state index in [2.05, 4.69) is 15.5 Å². The minimum atomic E-state index is -0.949. The number of benzene rings is 2. The molecule has 3 amide bonds. The van der Waals surface area contributed by atoms with Crippen molar-refractivity contribution >= 4 is 46.8 Å². The number of carboxylic acid groups (broad SMARTS) is 1. The van der Waals surface area contributed by atoms with Crippen molar-refractivity contribution < 1.29 is 19.5 Å². The lowest BCUT2D eigenvalue weighted by molar-refractivity contribution is -0.136. The molecule has 2 aromatic rings. The Hall–Kier alpha value is -2.77. The zero-order chi connectivity index (χ0) is 29.6. The molecular formula is C33H41Cl2N3O4. The molecule has 3 aliphatic carbocycles. The molecule has 0 spiro atoms. The van der Waals surface area contributed by atoms with Gasteiger partial charge in [-0.15, -0.1) is 0 Å². The highest BCUT2D eigenvalue weighted by Gasteiger charge is 2.38. The lowest BCUT2D eigenvalue weighted by Gasteiger charge is -2.45. The first-order valence-corrected chi connectivity index (χ1v) is 16.2. The fourth-order valence-corrected chi connectivity index (χ4v) is 7.96. The van der Waals surface area contributed by atoms with E-state index in [1.54, 1.807) is 24.3 Å². The Morgan fingerprint density at radius 3 is 2.21 bits per heavy atom. The third-order valence-corrected chi connectivity index (χ3v) is 9.88. The van der Waals surface area contributed by atoms with Crippen LogP contribution in [0.15, 0.2) is 36.4 Å². The summed E-state index contributed by atoms with van der Waals surface area (Å²) in [5.41, 5.74) is 3.23. The summed E-state index contributed by atoms with van der Waals surface area (Å²) in [6.07, 6.45) is 13.5. The van der Waals surface area contributed by atoms with Gasteiger partial charge >= 0.3 is 12.0 Å². The number of aryl methyl sites for hydroxylation is 1. The Kier molecular flexibility index (Phi) is 10.3. The van der Waals surface area contributed by atoms with Gasteiger partial charge in [0.1, 0.15) is 0 Å². The molecule has 1 unspecified atom stereocenters. The van der Waals surface area contributed by atoms with Crippen LogP contribution in [0.2, 0.25) is 10.0 Å². The Morgan fingerprint density at radius 2 is 1.52 bits per heavy atom. The van der Waals surface area contributed by atoms with Crippen LogP contribution in [0.4, 0.5) is 10.5 Å². The largest absolute Gasteiger partial charge is 0.481 e. The van der Waals surface area contributed by atoms with Crippen molar-refractivity contribution in [3.63, 3.8) is 0 Å². The van der Waals surface area contributed by atoms with Crippen molar-refractivity contribution in [2.24, 2.45) is 11.8 Å². The molecule has 2 fully saturated rings. The van der Waals surface area contributed by atoms with Crippen molar-refractivity contribution in [1.82, 2.24) is 10.2 Å². The third kappa shape index (κ3) is 7.59. The van der Waals surface area contributed by atoms with Crippen molar-refractivity contribution in [3.05, 3.63) is 63.1 Å². The van der Waals surface area contributed by atoms with Crippen LogP contribution in [0.5, 0.6) is 0 Å². The number of carbonyl (C=O) groups excluding carboxylic acids is 2. The molecule has 42 heavy (non-hydrogen) atoms. The number of carbonyl (C=O) groups is 3. The van der Waals surface area contributed by atoms with Crippen LogP contribution in [0, 0.1) is 11.8 Å². The van der Waals surface area contributed by atoms with E-state index >= 15 is 0 Å². The van der Waals surface area contributed by atoms with Crippen molar-refractivity contribution in [3.8, 4) is 0 Å². The number of anilines is 1. The Labute approximate surface area is 258 Å². The minimum absolute atomic E-state index is 0.0822. The zero-order valence-corrected chi connectivity index (χ0v) is 25.6. The summed E-state index contributed by atoms with van der Waals surface area (Å²) in [7, 11) is 0. The van der Waals surface area contributed by atoms with Gasteiger partial charge in [0.2, 0.25) is 0 Å². The number of carboxylic acids is 1. The highest BCUT2D eigenvalue weighted by atomic mass is 35.5. The first-order valence-electron chi connectivity index (χ1n) is 15.5. The van der Waals surface area contributed by atoms with Crippen LogP contribution in [-0.2, 0) is 11.2 Å². The van der Waals surface area contributed by atoms with E-state index in [4.69, 9.17) is 28.3 Å². The number of rotatable bonds is 8. The number of nitrogens with zero attached hydrogens (tertiary/aromatic N) is 1. The Bertz CT molecular complexity index is 1270. The quantitative estimate of drug-likeness (QED) is 0.279. The molecule has 2 aromatic carbocycles. The monoisotopic (exact) mass is 613 g/mol. The molecule has 0 saturated heterocycles. The number of halogens is 2. The molecule has 0 heterocycles. The standard InChI is InChI=1S/C33H41Cl2N3O4/c34-25-18-26(35)20-27(19-25)37-33(42)38(28-12-9-22(10-13-28)21-5-2-1-3-6-21)30-8-4-7-23-17-24(11-14-29(23)30)32(41)36-16-15-31(39)40/h11,14,17-22,28,30H,1-10,12-13,15-16H2,(H,36,41)(H,37,42)(H,39,40). The lowest BCUT2D eigenvalue weighted by Crippen LogP contribution is -2.48. The van der Waals surface area contributed by atoms with Crippen LogP contribution in [-0.4, -0.2) is 40.5 Å². The van der Waals surface area contributed by atoms with Gasteiger partial charge in [-0.2, -0.15) is 0 Å². The minimum Gasteiger partial charge on any atom is -0.481 e. The number of amides is 3. The van der Waals surface area contributed by atoms with Gasteiger partial charge in [0, 0.05) is 33.9 Å². The second-order valence-electron chi connectivity index (χ2n) is 12.2. The molecule has 0 bridgehead atoms. The number of urea groups is 1. The van der Waals surface area contributed by atoms with Gasteiger partial charge in [-0.25, -0.2) is 4.79 Å². The highest BCUT2D eigenvalue weighted by molar-refractivity contribution is 6.35. The van der Waals surface area contributed by atoms with Crippen LogP contribution >= 0.6 is 23.2 Å². The van der Waals surface area contributed by atoms with E-state index < -0.39 is 5.97 Å². The smallest absolute Gasteiger partial charge is 0.322 e. The molecule has 226 valence electrons. The van der Waals surface area contributed by atoms with Gasteiger partial charge in [0.05, 0.1) is 12.5 Å². The van der Waals surface area contributed by atoms with E-state index in [0.717, 1.165) is 67.9 Å². The number of nitrogens with one attached hydrogen (secondary N) is 2. The maximum Gasteiger partial charge on any atom is 0.322 e. The van der Waals surface area contributed by atoms with Gasteiger partial charge in [0.25, 0.3) is 5.91 Å². The number of aliphatic carboxylic acids is 1. The summed E-state index contributed by atoms with van der Waals surface area (Å²) < 4.78 is 0. The van der Waals surface area contributed by atoms with Crippen LogP contribution < -0.4 is 10.6 Å². The predicted molar refractivity (Wildman–Crippen MR) is 166 cm³/mol. The molecule has 0 aliphatic heterocycles. The van der Waals surface area contributed by atoms with E-state index in [1.807, 2.05) is 12.1 Å².